The van der Waals surface area contributed by atoms with E-state index in [0.29, 0.717) is 57.1 Å². The third kappa shape index (κ3) is 12.7. The number of morpholine rings is 2. The van der Waals surface area contributed by atoms with E-state index in [4.69, 9.17) is 14.2 Å². The molecule has 4 aliphatic rings. The predicted molar refractivity (Wildman–Crippen MR) is 290 cm³/mol. The summed E-state index contributed by atoms with van der Waals surface area (Å²) in [5.41, 5.74) is 14.8. The number of nitrogens with one attached hydrogen (secondary N) is 2. The van der Waals surface area contributed by atoms with Crippen LogP contribution in [0.4, 0.5) is 4.79 Å². The molecule has 2 aromatic heterocycles. The second kappa shape index (κ2) is 25.0. The average Bonchev–Trinajstić information content (AvgIpc) is 4.07. The van der Waals surface area contributed by atoms with E-state index in [9.17, 15) is 19.5 Å². The Kier molecular flexibility index (Phi) is 18.4. The molecule has 0 saturated carbocycles. The number of aryl methyl sites for hydroxylation is 4. The molecule has 0 bridgehead atoms. The number of hydrogen-bond acceptors (Lipinski definition) is 12. The highest BCUT2D eigenvalue weighted by atomic mass is 16.5. The number of amides is 2. The van der Waals surface area contributed by atoms with Gasteiger partial charge in [0.2, 0.25) is 0 Å². The molecule has 4 atom stereocenters. The standard InChI is InChI=1S/C29H37N5O4.C22H26N4O2.C7H15NO/c1-5-34-25-9-8-23(19(4)28(25)30-31-34)24(15-27(35)36)21-7-6-20-10-11-32(16-22(20)14-21)29(37)33-12-13-38-26(17-33)18(2)3;1-4-26-20-8-7-18(14(2)22(20)24-25-26)19(12-21(27)28-3)16-6-5-15-9-10-23-13-17(15)11-16;1-6(2)7-5-8-3-4-9-7/h6-9,14,18,24,26H,5,10-13,15-17H2,1-4H3,(H,35,36);5-8,11,19,23H,4,9-10,12-13H2,1-3H3;6-8H,3-5H2,1-2H3. The van der Waals surface area contributed by atoms with E-state index in [1.165, 1.54) is 23.8 Å². The van der Waals surface area contributed by atoms with Crippen molar-refractivity contribution in [3.05, 3.63) is 116 Å². The fraction of sp³-hybridized carbons (Fsp3) is 0.534. The number of hydrogen-bond donors (Lipinski definition) is 3. The van der Waals surface area contributed by atoms with Gasteiger partial charge in [0, 0.05) is 70.7 Å². The van der Waals surface area contributed by atoms with Gasteiger partial charge in [0.25, 0.3) is 0 Å². The Labute approximate surface area is 441 Å². The van der Waals surface area contributed by atoms with E-state index in [-0.39, 0.29) is 36.4 Å². The van der Waals surface area contributed by atoms with Crippen LogP contribution in [0.15, 0.2) is 60.7 Å². The van der Waals surface area contributed by atoms with Crippen molar-refractivity contribution in [2.75, 3.05) is 59.6 Å². The first-order chi connectivity index (χ1) is 36.2. The number of carbonyl (C=O) groups excluding carboxylic acids is 2. The van der Waals surface area contributed by atoms with Gasteiger partial charge in [-0.05, 0) is 127 Å². The van der Waals surface area contributed by atoms with Gasteiger partial charge in [-0.25, -0.2) is 14.2 Å². The fourth-order valence-corrected chi connectivity index (χ4v) is 11.0. The first-order valence-electron chi connectivity index (χ1n) is 27.0. The first-order valence-corrected chi connectivity index (χ1v) is 27.0. The normalized spacial score (nSPS) is 18.4. The van der Waals surface area contributed by atoms with Crippen LogP contribution in [0, 0.1) is 25.7 Å². The molecular weight excluding hydrogens is 949 g/mol. The quantitative estimate of drug-likeness (QED) is 0.100. The number of methoxy groups -OCH3 is 1. The summed E-state index contributed by atoms with van der Waals surface area (Å²) in [6.45, 7) is 26.1. The highest BCUT2D eigenvalue weighted by Crippen LogP contribution is 2.37. The third-order valence-corrected chi connectivity index (χ3v) is 15.5. The van der Waals surface area contributed by atoms with Crippen LogP contribution in [0.25, 0.3) is 22.1 Å². The molecule has 2 fully saturated rings. The highest BCUT2D eigenvalue weighted by Gasteiger charge is 2.32. The molecule has 2 amide bonds. The number of urea groups is 1. The molecule has 402 valence electrons. The maximum Gasteiger partial charge on any atom is 0.320 e. The van der Waals surface area contributed by atoms with Gasteiger partial charge in [-0.1, -0.05) is 86.7 Å². The number of benzene rings is 4. The van der Waals surface area contributed by atoms with Crippen molar-refractivity contribution < 1.29 is 33.7 Å². The highest BCUT2D eigenvalue weighted by molar-refractivity contribution is 5.82. The molecule has 4 unspecified atom stereocenters. The molecule has 4 aromatic carbocycles. The van der Waals surface area contributed by atoms with Crippen molar-refractivity contribution in [2.24, 2.45) is 11.8 Å². The number of carbonyl (C=O) groups is 3. The van der Waals surface area contributed by atoms with E-state index < -0.39 is 5.97 Å². The van der Waals surface area contributed by atoms with Crippen LogP contribution in [0.1, 0.15) is 122 Å². The largest absolute Gasteiger partial charge is 0.481 e. The summed E-state index contributed by atoms with van der Waals surface area (Å²) in [6.07, 6.45) is 2.61. The van der Waals surface area contributed by atoms with Crippen LogP contribution in [-0.2, 0) is 62.8 Å². The number of ether oxygens (including phenoxy) is 3. The van der Waals surface area contributed by atoms with E-state index in [1.807, 2.05) is 51.2 Å². The van der Waals surface area contributed by atoms with E-state index >= 15 is 0 Å². The second-order valence-electron chi connectivity index (χ2n) is 21.0. The van der Waals surface area contributed by atoms with Crippen molar-refractivity contribution in [3.8, 4) is 0 Å². The Morgan fingerprint density at radius 1 is 0.693 bits per heavy atom. The van der Waals surface area contributed by atoms with Crippen LogP contribution < -0.4 is 10.6 Å². The van der Waals surface area contributed by atoms with Gasteiger partial charge >= 0.3 is 18.0 Å². The Bertz CT molecular complexity index is 2940. The minimum absolute atomic E-state index is 0.0277. The number of carboxylic acids is 1. The molecule has 6 aromatic rings. The number of nitrogens with zero attached hydrogens (tertiary/aromatic N) is 8. The topological polar surface area (TPSA) is 191 Å². The lowest BCUT2D eigenvalue weighted by Crippen LogP contribution is -2.52. The summed E-state index contributed by atoms with van der Waals surface area (Å²) in [5, 5.41) is 33.8. The minimum Gasteiger partial charge on any atom is -0.481 e. The number of carboxylic acid groups (broad SMARTS) is 1. The number of aromatic nitrogens is 6. The molecule has 6 heterocycles. The predicted octanol–water partition coefficient (Wildman–Crippen LogP) is 7.93. The number of aliphatic carboxylic acids is 1. The zero-order valence-electron chi connectivity index (χ0n) is 45.5. The zero-order valence-corrected chi connectivity index (χ0v) is 45.5. The van der Waals surface area contributed by atoms with Gasteiger partial charge in [-0.15, -0.1) is 10.2 Å². The Morgan fingerprint density at radius 3 is 1.83 bits per heavy atom. The van der Waals surface area contributed by atoms with Crippen LogP contribution in [-0.4, -0.2) is 135 Å². The summed E-state index contributed by atoms with van der Waals surface area (Å²) in [7, 11) is 1.44. The molecule has 17 nitrogen and oxygen atoms in total. The SMILES string of the molecule is CC(C)C1CNCCO1.CCn1nnc2c(C)c(C(CC(=O)O)c3ccc4c(c3)CN(C(=O)N3CCOC(C(C)C)C3)CC4)ccc21.CCn1nnc2c(C)c(C(CC(=O)OC)c3ccc4c(c3)CNCC4)ccc21. The van der Waals surface area contributed by atoms with E-state index in [1.54, 1.807) is 0 Å². The molecule has 3 N–H and O–H groups in total. The van der Waals surface area contributed by atoms with Crippen molar-refractivity contribution in [1.82, 2.24) is 50.4 Å². The van der Waals surface area contributed by atoms with Gasteiger partial charge in [0.05, 0.1) is 56.4 Å². The van der Waals surface area contributed by atoms with Crippen LogP contribution in [0.3, 0.4) is 0 Å². The van der Waals surface area contributed by atoms with E-state index in [2.05, 4.69) is 115 Å². The summed E-state index contributed by atoms with van der Waals surface area (Å²) in [5.74, 6) is -0.457. The third-order valence-electron chi connectivity index (χ3n) is 15.5. The van der Waals surface area contributed by atoms with E-state index in [0.717, 1.165) is 120 Å². The lowest BCUT2D eigenvalue weighted by Gasteiger charge is -2.39. The van der Waals surface area contributed by atoms with Crippen molar-refractivity contribution in [2.45, 2.75) is 131 Å². The molecular formula is C58H78N10O7. The van der Waals surface area contributed by atoms with Gasteiger partial charge < -0.3 is 39.8 Å². The van der Waals surface area contributed by atoms with Crippen molar-refractivity contribution in [1.29, 1.82) is 0 Å². The van der Waals surface area contributed by atoms with Gasteiger partial charge in [0.15, 0.2) is 0 Å². The van der Waals surface area contributed by atoms with Crippen molar-refractivity contribution in [3.63, 3.8) is 0 Å². The summed E-state index contributed by atoms with van der Waals surface area (Å²) < 4.78 is 20.1. The van der Waals surface area contributed by atoms with Crippen molar-refractivity contribution >= 4 is 40.0 Å². The summed E-state index contributed by atoms with van der Waals surface area (Å²) in [4.78, 5) is 41.4. The Morgan fingerprint density at radius 2 is 1.28 bits per heavy atom. The van der Waals surface area contributed by atoms with Crippen LogP contribution in [0.2, 0.25) is 0 Å². The molecule has 10 rings (SSSR count). The second-order valence-corrected chi connectivity index (χ2v) is 21.0. The molecule has 0 spiro atoms. The molecule has 0 radical (unpaired) electrons. The molecule has 4 aliphatic heterocycles. The Balaban J connectivity index is 0.000000176. The molecule has 2 saturated heterocycles. The Hall–Kier alpha value is -6.27. The maximum atomic E-state index is 13.4. The maximum absolute atomic E-state index is 13.4. The minimum atomic E-state index is -0.853. The number of esters is 1. The summed E-state index contributed by atoms with van der Waals surface area (Å²) in [6, 6.07) is 21.1. The number of rotatable bonds is 12. The summed E-state index contributed by atoms with van der Waals surface area (Å²) >= 11 is 0. The average molecular weight is 1030 g/mol. The monoisotopic (exact) mass is 1030 g/mol. The lowest BCUT2D eigenvalue weighted by atomic mass is 9.83. The van der Waals surface area contributed by atoms with Gasteiger partial charge in [-0.2, -0.15) is 0 Å². The van der Waals surface area contributed by atoms with Crippen LogP contribution >= 0.6 is 0 Å². The molecule has 75 heavy (non-hydrogen) atoms. The molecule has 0 aliphatic carbocycles. The molecule has 17 heteroatoms. The zero-order chi connectivity index (χ0) is 53.3. The fourth-order valence-electron chi connectivity index (χ4n) is 11.0. The van der Waals surface area contributed by atoms with Gasteiger partial charge in [0.1, 0.15) is 11.0 Å². The lowest BCUT2D eigenvalue weighted by molar-refractivity contribution is -0.141. The van der Waals surface area contributed by atoms with Gasteiger partial charge in [-0.3, -0.25) is 9.59 Å². The number of fused-ring (bicyclic) bond motifs is 4. The first kappa shape index (κ1) is 55.0. The smallest absolute Gasteiger partial charge is 0.320 e. The van der Waals surface area contributed by atoms with Crippen LogP contribution in [0.5, 0.6) is 0 Å².